The van der Waals surface area contributed by atoms with E-state index >= 15 is 0 Å². The third-order valence-electron chi connectivity index (χ3n) is 6.60. The molecule has 0 saturated heterocycles. The first-order chi connectivity index (χ1) is 13.3. The van der Waals surface area contributed by atoms with Crippen molar-refractivity contribution in [2.75, 3.05) is 12.4 Å². The fourth-order valence-electron chi connectivity index (χ4n) is 4.31. The number of methoxy groups -OCH3 is 1. The molecule has 0 saturated carbocycles. The van der Waals surface area contributed by atoms with Gasteiger partial charge in [-0.2, -0.15) is 0 Å². The van der Waals surface area contributed by atoms with Gasteiger partial charge in [-0.05, 0) is 53.9 Å². The second-order valence-corrected chi connectivity index (χ2v) is 9.58. The topological polar surface area (TPSA) is 70.6 Å². The van der Waals surface area contributed by atoms with E-state index < -0.39 is 0 Å². The molecule has 4 rings (SSSR count). The Bertz CT molecular complexity index is 919. The number of carbonyl (C=O) groups is 1. The average Bonchev–Trinajstić information content (AvgIpc) is 3.05. The first-order valence-electron chi connectivity index (χ1n) is 9.93. The lowest BCUT2D eigenvalue weighted by Gasteiger charge is -2.36. The van der Waals surface area contributed by atoms with E-state index in [0.29, 0.717) is 17.1 Å². The van der Waals surface area contributed by atoms with Crippen molar-refractivity contribution in [1.82, 2.24) is 5.32 Å². The molecule has 28 heavy (non-hydrogen) atoms. The predicted molar refractivity (Wildman–Crippen MR) is 112 cm³/mol. The van der Waals surface area contributed by atoms with Gasteiger partial charge in [0, 0.05) is 4.88 Å². The van der Waals surface area contributed by atoms with Crippen LogP contribution in [0.1, 0.15) is 66.1 Å². The number of thiophene rings is 1. The highest BCUT2D eigenvalue weighted by molar-refractivity contribution is 7.16. The van der Waals surface area contributed by atoms with Gasteiger partial charge >= 0.3 is 0 Å². The van der Waals surface area contributed by atoms with Crippen LogP contribution in [-0.4, -0.2) is 18.1 Å². The van der Waals surface area contributed by atoms with Crippen LogP contribution < -0.4 is 15.4 Å². The Labute approximate surface area is 170 Å². The molecule has 150 valence electrons. The molecule has 0 unspecified atom stereocenters. The summed E-state index contributed by atoms with van der Waals surface area (Å²) in [5, 5.41) is 17.5. The third-order valence-corrected chi connectivity index (χ3v) is 7.78. The van der Waals surface area contributed by atoms with Gasteiger partial charge in [0.1, 0.15) is 11.2 Å². The lowest BCUT2D eigenvalue weighted by molar-refractivity contribution is 0.0934. The predicted octanol–water partition coefficient (Wildman–Crippen LogP) is 4.86. The summed E-state index contributed by atoms with van der Waals surface area (Å²) in [6.45, 7) is 6.97. The highest BCUT2D eigenvalue weighted by Gasteiger charge is 2.37. The van der Waals surface area contributed by atoms with Gasteiger partial charge in [0.2, 0.25) is 0 Å². The molecule has 2 aliphatic rings. The molecule has 1 aromatic heterocycles. The third kappa shape index (κ3) is 3.13. The summed E-state index contributed by atoms with van der Waals surface area (Å²) in [7, 11) is 1.52. The second-order valence-electron chi connectivity index (χ2n) is 8.47. The lowest BCUT2D eigenvalue weighted by atomic mass is 9.69. The molecule has 3 N–H and O–H groups in total. The molecule has 1 aromatic carbocycles. The smallest absolute Gasteiger partial charge is 0.256 e. The van der Waals surface area contributed by atoms with Crippen molar-refractivity contribution in [1.29, 1.82) is 0 Å². The second kappa shape index (κ2) is 6.99. The number of benzene rings is 1. The Morgan fingerprint density at radius 1 is 1.32 bits per heavy atom. The monoisotopic (exact) mass is 400 g/mol. The number of rotatable bonds is 4. The number of phenolic OH excluding ortho intramolecular Hbond substituents is 1. The summed E-state index contributed by atoms with van der Waals surface area (Å²) in [6, 6.07) is 5.20. The summed E-state index contributed by atoms with van der Waals surface area (Å²) >= 11 is 1.72. The van der Waals surface area contributed by atoms with Crippen molar-refractivity contribution in [2.24, 2.45) is 11.3 Å². The maximum atomic E-state index is 12.9. The maximum Gasteiger partial charge on any atom is 0.256 e. The molecule has 0 bridgehead atoms. The molecule has 1 amide bonds. The number of anilines is 1. The number of phenols is 1. The molecular weight excluding hydrogens is 372 g/mol. The van der Waals surface area contributed by atoms with Crippen LogP contribution in [0.3, 0.4) is 0 Å². The van der Waals surface area contributed by atoms with Gasteiger partial charge in [0.05, 0.1) is 12.7 Å². The van der Waals surface area contributed by atoms with Crippen molar-refractivity contribution in [2.45, 2.75) is 52.6 Å². The van der Waals surface area contributed by atoms with Crippen molar-refractivity contribution in [3.05, 3.63) is 39.8 Å². The maximum absolute atomic E-state index is 12.9. The van der Waals surface area contributed by atoms with Crippen molar-refractivity contribution >= 4 is 22.2 Å². The summed E-state index contributed by atoms with van der Waals surface area (Å²) in [5.41, 5.74) is 3.17. The van der Waals surface area contributed by atoms with Crippen LogP contribution in [0.4, 0.5) is 5.00 Å². The number of ether oxygens (including phenoxy) is 1. The fourth-order valence-corrected chi connectivity index (χ4v) is 5.66. The van der Waals surface area contributed by atoms with Gasteiger partial charge in [-0.1, -0.05) is 33.3 Å². The Balaban J connectivity index is 1.62. The Hall–Kier alpha value is -2.21. The molecule has 1 aliphatic carbocycles. The van der Waals surface area contributed by atoms with E-state index in [0.717, 1.165) is 35.4 Å². The van der Waals surface area contributed by atoms with E-state index in [1.54, 1.807) is 23.5 Å². The number of amides is 1. The van der Waals surface area contributed by atoms with Crippen LogP contribution in [0.2, 0.25) is 0 Å². The van der Waals surface area contributed by atoms with Crippen LogP contribution in [0.5, 0.6) is 11.5 Å². The van der Waals surface area contributed by atoms with Gasteiger partial charge in [0.15, 0.2) is 11.5 Å². The summed E-state index contributed by atoms with van der Waals surface area (Å²) in [5.74, 6) is 1.11. The SMILES string of the molecule is CCC(C)(C)[C@@H]1CCc2c(sc3c2C(=O)N[C@@H](c2ccc(OC)c(O)c2)N3)C1. The number of aromatic hydroxyl groups is 1. The minimum Gasteiger partial charge on any atom is -0.504 e. The number of hydrogen-bond donors (Lipinski definition) is 3. The van der Waals surface area contributed by atoms with E-state index in [4.69, 9.17) is 4.74 Å². The normalized spacial score (nSPS) is 21.4. The Morgan fingerprint density at radius 2 is 2.11 bits per heavy atom. The minimum absolute atomic E-state index is 0.0280. The molecule has 0 spiro atoms. The molecule has 2 atom stereocenters. The van der Waals surface area contributed by atoms with Crippen molar-refractivity contribution in [3.63, 3.8) is 0 Å². The average molecular weight is 401 g/mol. The molecule has 5 nitrogen and oxygen atoms in total. The fraction of sp³-hybridized carbons (Fsp3) is 0.500. The van der Waals surface area contributed by atoms with E-state index in [-0.39, 0.29) is 17.8 Å². The molecular formula is C22H28N2O3S. The van der Waals surface area contributed by atoms with Crippen LogP contribution in [0, 0.1) is 11.3 Å². The van der Waals surface area contributed by atoms with Crippen LogP contribution in [0.15, 0.2) is 18.2 Å². The highest BCUT2D eigenvalue weighted by Crippen LogP contribution is 2.47. The van der Waals surface area contributed by atoms with Gasteiger partial charge in [-0.25, -0.2) is 0 Å². The number of fused-ring (bicyclic) bond motifs is 3. The molecule has 1 aliphatic heterocycles. The first kappa shape index (κ1) is 19.1. The molecule has 6 heteroatoms. The number of carbonyl (C=O) groups excluding carboxylic acids is 1. The first-order valence-corrected chi connectivity index (χ1v) is 10.7. The van der Waals surface area contributed by atoms with E-state index in [9.17, 15) is 9.90 Å². The van der Waals surface area contributed by atoms with Gasteiger partial charge in [0.25, 0.3) is 5.91 Å². The van der Waals surface area contributed by atoms with Crippen LogP contribution >= 0.6 is 11.3 Å². The summed E-state index contributed by atoms with van der Waals surface area (Å²) in [4.78, 5) is 14.3. The largest absolute Gasteiger partial charge is 0.504 e. The van der Waals surface area contributed by atoms with Crippen LogP contribution in [0.25, 0.3) is 0 Å². The standard InChI is InChI=1S/C22H28N2O3S/c1-5-22(2,3)13-7-8-14-17(11-13)28-21-18(14)20(26)23-19(24-21)12-6-9-16(27-4)15(25)10-12/h6,9-10,13,19,24-25H,5,7-8,11H2,1-4H3,(H,23,26)/t13-,19-/m1/s1. The number of hydrogen-bond acceptors (Lipinski definition) is 5. The highest BCUT2D eigenvalue weighted by atomic mass is 32.1. The zero-order valence-electron chi connectivity index (χ0n) is 16.9. The van der Waals surface area contributed by atoms with Gasteiger partial charge in [-0.3, -0.25) is 4.79 Å². The number of nitrogens with one attached hydrogen (secondary N) is 2. The van der Waals surface area contributed by atoms with E-state index in [2.05, 4.69) is 31.4 Å². The summed E-state index contributed by atoms with van der Waals surface area (Å²) in [6.07, 6.45) is 3.97. The van der Waals surface area contributed by atoms with E-state index in [1.807, 2.05) is 6.07 Å². The van der Waals surface area contributed by atoms with Gasteiger partial charge < -0.3 is 20.5 Å². The lowest BCUT2D eigenvalue weighted by Crippen LogP contribution is -2.38. The Kier molecular flexibility index (Phi) is 4.78. The molecule has 2 heterocycles. The minimum atomic E-state index is -0.361. The molecule has 2 aromatic rings. The zero-order valence-corrected chi connectivity index (χ0v) is 17.7. The Morgan fingerprint density at radius 3 is 2.79 bits per heavy atom. The van der Waals surface area contributed by atoms with Crippen molar-refractivity contribution < 1.29 is 14.6 Å². The van der Waals surface area contributed by atoms with E-state index in [1.165, 1.54) is 24.0 Å². The summed E-state index contributed by atoms with van der Waals surface area (Å²) < 4.78 is 5.11. The van der Waals surface area contributed by atoms with Crippen LogP contribution in [-0.2, 0) is 12.8 Å². The molecule has 0 radical (unpaired) electrons. The quantitative estimate of drug-likeness (QED) is 0.686. The van der Waals surface area contributed by atoms with Crippen molar-refractivity contribution in [3.8, 4) is 11.5 Å². The zero-order chi connectivity index (χ0) is 20.1. The van der Waals surface area contributed by atoms with Gasteiger partial charge in [-0.15, -0.1) is 11.3 Å². The molecule has 0 fully saturated rings.